The van der Waals surface area contributed by atoms with Gasteiger partial charge in [-0.3, -0.25) is 9.59 Å². The molecule has 3 rings (SSSR count). The van der Waals surface area contributed by atoms with Gasteiger partial charge in [0.25, 0.3) is 5.91 Å². The summed E-state index contributed by atoms with van der Waals surface area (Å²) in [5.74, 6) is -2.90. The van der Waals surface area contributed by atoms with Crippen LogP contribution in [0.3, 0.4) is 0 Å². The molecule has 1 atom stereocenters. The lowest BCUT2D eigenvalue weighted by Gasteiger charge is -2.53. The summed E-state index contributed by atoms with van der Waals surface area (Å²) in [5, 5.41) is 26.3. The molecule has 10 heteroatoms. The molecule has 3 aromatic rings. The number of nitrogens with one attached hydrogen (secondary N) is 2. The highest BCUT2D eigenvalue weighted by Gasteiger charge is 2.59. The van der Waals surface area contributed by atoms with E-state index in [1.165, 1.54) is 6.07 Å². The highest BCUT2D eigenvalue weighted by Crippen LogP contribution is 2.44. The van der Waals surface area contributed by atoms with Gasteiger partial charge < -0.3 is 30.5 Å². The monoisotopic (exact) mass is 631 g/mol. The number of urea groups is 1. The summed E-state index contributed by atoms with van der Waals surface area (Å²) in [6, 6.07) is 15.4. The fraction of sp³-hybridized carbons (Fsp3) is 0.389. The number of hydrogen-bond acceptors (Lipinski definition) is 5. The van der Waals surface area contributed by atoms with Crippen LogP contribution in [0.1, 0.15) is 75.0 Å². The molecule has 3 amide bonds. The first-order valence-corrected chi connectivity index (χ1v) is 15.0. The predicted molar refractivity (Wildman–Crippen MR) is 180 cm³/mol. The van der Waals surface area contributed by atoms with Gasteiger partial charge in [-0.25, -0.2) is 9.59 Å². The first-order valence-electron chi connectivity index (χ1n) is 15.0. The minimum absolute atomic E-state index is 0.0000459. The largest absolute Gasteiger partial charge is 0.497 e. The number of hydrogen-bond donors (Lipinski definition) is 4. The van der Waals surface area contributed by atoms with Crippen molar-refractivity contribution in [3.05, 3.63) is 76.9 Å². The molecule has 0 fully saturated rings. The summed E-state index contributed by atoms with van der Waals surface area (Å²) in [7, 11) is 1.56. The standard InChI is InChI=1S/C36H45N3O7/c1-21-17-22(2)30(23(3)18-21)38-33(45)37-28-19-25(24-11-14-26(46-10)15-12-24)13-16-27(28)31(42)39(35(7,8)9)36(32(43)44,20-29(40)41)34(4,5)6/h11-19H,20H2,1-10H3,(H,40,41)(H,43,44)(H2,37,38,45)/t36-/m0/s1. The number of carboxylic acid groups (broad SMARTS) is 2. The Morgan fingerprint density at radius 3 is 1.78 bits per heavy atom. The third kappa shape index (κ3) is 7.33. The number of carbonyl (C=O) groups is 4. The van der Waals surface area contributed by atoms with E-state index in [1.54, 1.807) is 72.9 Å². The lowest BCUT2D eigenvalue weighted by molar-refractivity contribution is -0.169. The molecule has 0 spiro atoms. The Balaban J connectivity index is 2.25. The Bertz CT molecular complexity index is 1630. The Morgan fingerprint density at radius 2 is 1.33 bits per heavy atom. The fourth-order valence-electron chi connectivity index (χ4n) is 6.00. The van der Waals surface area contributed by atoms with E-state index in [0.717, 1.165) is 27.2 Å². The number of amides is 3. The van der Waals surface area contributed by atoms with Crippen LogP contribution < -0.4 is 15.4 Å². The number of nitrogens with zero attached hydrogens (tertiary/aromatic N) is 1. The normalized spacial score (nSPS) is 12.9. The first kappa shape index (κ1) is 35.6. The van der Waals surface area contributed by atoms with Gasteiger partial charge in [-0.05, 0) is 93.5 Å². The molecule has 0 aliphatic carbocycles. The Morgan fingerprint density at radius 1 is 0.783 bits per heavy atom. The lowest BCUT2D eigenvalue weighted by atomic mass is 9.68. The smallest absolute Gasteiger partial charge is 0.330 e. The Kier molecular flexibility index (Phi) is 10.3. The second-order valence-corrected chi connectivity index (χ2v) is 13.6. The number of carboxylic acids is 2. The van der Waals surface area contributed by atoms with E-state index >= 15 is 0 Å². The number of carbonyl (C=O) groups excluding carboxylic acids is 2. The number of ether oxygens (including phenoxy) is 1. The zero-order chi connectivity index (χ0) is 34.8. The summed E-state index contributed by atoms with van der Waals surface area (Å²) in [6.07, 6.45) is -0.839. The van der Waals surface area contributed by atoms with Crippen LogP contribution in [0.4, 0.5) is 16.2 Å². The van der Waals surface area contributed by atoms with Gasteiger partial charge in [0.2, 0.25) is 0 Å². The van der Waals surface area contributed by atoms with Crippen molar-refractivity contribution < 1.29 is 34.1 Å². The van der Waals surface area contributed by atoms with Crippen molar-refractivity contribution in [3.63, 3.8) is 0 Å². The van der Waals surface area contributed by atoms with Crippen molar-refractivity contribution in [2.45, 2.75) is 79.8 Å². The average molecular weight is 632 g/mol. The molecule has 0 saturated heterocycles. The Hall–Kier alpha value is -4.86. The van der Waals surface area contributed by atoms with Gasteiger partial charge in [0.15, 0.2) is 5.54 Å². The van der Waals surface area contributed by atoms with E-state index < -0.39 is 46.8 Å². The van der Waals surface area contributed by atoms with Crippen LogP contribution in [0, 0.1) is 26.2 Å². The van der Waals surface area contributed by atoms with Gasteiger partial charge in [-0.15, -0.1) is 0 Å². The fourth-order valence-corrected chi connectivity index (χ4v) is 6.00. The van der Waals surface area contributed by atoms with Gasteiger partial charge in [0, 0.05) is 11.2 Å². The molecule has 0 unspecified atom stereocenters. The summed E-state index contributed by atoms with van der Waals surface area (Å²) in [5.41, 5.74) is 0.446. The molecule has 0 aromatic heterocycles. The Labute approximate surface area is 270 Å². The quantitative estimate of drug-likeness (QED) is 0.191. The predicted octanol–water partition coefficient (Wildman–Crippen LogP) is 7.52. The van der Waals surface area contributed by atoms with E-state index in [-0.39, 0.29) is 11.3 Å². The molecule has 0 heterocycles. The van der Waals surface area contributed by atoms with Gasteiger partial charge in [0.1, 0.15) is 5.75 Å². The van der Waals surface area contributed by atoms with Crippen LogP contribution in [0.25, 0.3) is 11.1 Å². The van der Waals surface area contributed by atoms with Gasteiger partial charge >= 0.3 is 18.0 Å². The summed E-state index contributed by atoms with van der Waals surface area (Å²) >= 11 is 0. The van der Waals surface area contributed by atoms with Crippen LogP contribution in [0.15, 0.2) is 54.6 Å². The summed E-state index contributed by atoms with van der Waals surface area (Å²) in [6.45, 7) is 15.5. The van der Waals surface area contributed by atoms with Crippen LogP contribution in [-0.2, 0) is 9.59 Å². The molecular formula is C36H45N3O7. The van der Waals surface area contributed by atoms with Crippen molar-refractivity contribution >= 4 is 35.3 Å². The lowest BCUT2D eigenvalue weighted by Crippen LogP contribution is -2.69. The molecule has 0 radical (unpaired) electrons. The van der Waals surface area contributed by atoms with Gasteiger partial charge in [-0.1, -0.05) is 56.7 Å². The topological polar surface area (TPSA) is 145 Å². The van der Waals surface area contributed by atoms with E-state index in [4.69, 9.17) is 4.74 Å². The first-order chi connectivity index (χ1) is 21.2. The summed E-state index contributed by atoms with van der Waals surface area (Å²) < 4.78 is 5.27. The van der Waals surface area contributed by atoms with Crippen molar-refractivity contribution in [1.29, 1.82) is 0 Å². The van der Waals surface area contributed by atoms with Crippen molar-refractivity contribution in [3.8, 4) is 16.9 Å². The number of methoxy groups -OCH3 is 1. The SMILES string of the molecule is COc1ccc(-c2ccc(C(=O)N(C(C)(C)C)[C@@](CC(=O)O)(C(=O)O)C(C)(C)C)c(NC(=O)Nc3c(C)cc(C)cc3C)c2)cc1. The van der Waals surface area contributed by atoms with E-state index in [9.17, 15) is 29.4 Å². The number of aliphatic carboxylic acids is 2. The maximum atomic E-state index is 14.7. The molecule has 4 N–H and O–H groups in total. The average Bonchev–Trinajstić information content (AvgIpc) is 2.92. The van der Waals surface area contributed by atoms with Crippen molar-refractivity contribution in [1.82, 2.24) is 4.90 Å². The van der Waals surface area contributed by atoms with Crippen LogP contribution in [0.2, 0.25) is 0 Å². The second-order valence-electron chi connectivity index (χ2n) is 13.6. The van der Waals surface area contributed by atoms with E-state index in [0.29, 0.717) is 17.0 Å². The molecule has 3 aromatic carbocycles. The zero-order valence-corrected chi connectivity index (χ0v) is 28.3. The van der Waals surface area contributed by atoms with E-state index in [2.05, 4.69) is 10.6 Å². The minimum Gasteiger partial charge on any atom is -0.497 e. The van der Waals surface area contributed by atoms with Crippen LogP contribution in [-0.4, -0.2) is 57.2 Å². The summed E-state index contributed by atoms with van der Waals surface area (Å²) in [4.78, 5) is 54.7. The number of rotatable bonds is 9. The molecule has 0 bridgehead atoms. The number of benzene rings is 3. The van der Waals surface area contributed by atoms with Crippen molar-refractivity contribution in [2.75, 3.05) is 17.7 Å². The highest BCUT2D eigenvalue weighted by atomic mass is 16.5. The van der Waals surface area contributed by atoms with Gasteiger partial charge in [-0.2, -0.15) is 0 Å². The molecule has 10 nitrogen and oxygen atoms in total. The van der Waals surface area contributed by atoms with Crippen LogP contribution in [0.5, 0.6) is 5.75 Å². The molecular weight excluding hydrogens is 586 g/mol. The minimum atomic E-state index is -2.15. The third-order valence-electron chi connectivity index (χ3n) is 8.09. The molecule has 46 heavy (non-hydrogen) atoms. The highest BCUT2D eigenvalue weighted by molar-refractivity contribution is 6.09. The maximum absolute atomic E-state index is 14.7. The van der Waals surface area contributed by atoms with E-state index in [1.807, 2.05) is 45.0 Å². The van der Waals surface area contributed by atoms with Crippen molar-refractivity contribution in [2.24, 2.45) is 5.41 Å². The third-order valence-corrected chi connectivity index (χ3v) is 8.09. The zero-order valence-electron chi connectivity index (χ0n) is 28.3. The molecule has 0 aliphatic heterocycles. The molecule has 0 saturated carbocycles. The van der Waals surface area contributed by atoms with Crippen LogP contribution >= 0.6 is 0 Å². The number of aryl methyl sites for hydroxylation is 3. The second kappa shape index (κ2) is 13.2. The maximum Gasteiger partial charge on any atom is 0.330 e. The molecule has 0 aliphatic rings. The molecule has 246 valence electrons. The number of anilines is 2. The van der Waals surface area contributed by atoms with Gasteiger partial charge in [0.05, 0.1) is 24.8 Å².